The molecular weight excluding hydrogens is 442 g/mol. The molecule has 3 amide bonds. The fraction of sp³-hybridized carbons (Fsp3) is 0.375. The van der Waals surface area contributed by atoms with Gasteiger partial charge in [0.1, 0.15) is 5.75 Å². The van der Waals surface area contributed by atoms with Gasteiger partial charge in [0, 0.05) is 37.3 Å². The molecule has 1 heterocycles. The second-order valence-electron chi connectivity index (χ2n) is 7.73. The molecule has 182 valence electrons. The van der Waals surface area contributed by atoms with Crippen LogP contribution in [0.25, 0.3) is 0 Å². The van der Waals surface area contributed by atoms with E-state index in [1.165, 1.54) is 26.4 Å². The van der Waals surface area contributed by atoms with E-state index >= 15 is 0 Å². The van der Waals surface area contributed by atoms with Crippen LogP contribution in [0.1, 0.15) is 26.3 Å². The zero-order valence-electron chi connectivity index (χ0n) is 19.8. The minimum atomic E-state index is -0.652. The number of nitrogens with zero attached hydrogens (tertiary/aromatic N) is 2. The van der Waals surface area contributed by atoms with Gasteiger partial charge in [0.25, 0.3) is 17.7 Å². The first-order valence-corrected chi connectivity index (χ1v) is 10.7. The number of amides is 3. The Bertz CT molecular complexity index is 1050. The molecule has 2 N–H and O–H groups in total. The van der Waals surface area contributed by atoms with E-state index in [1.54, 1.807) is 29.0 Å². The van der Waals surface area contributed by atoms with Gasteiger partial charge >= 0.3 is 0 Å². The van der Waals surface area contributed by atoms with Gasteiger partial charge in [-0.05, 0) is 36.8 Å². The Morgan fingerprint density at radius 1 is 0.794 bits per heavy atom. The molecular formula is C24H29N3O7. The largest absolute Gasteiger partial charge is 0.496 e. The van der Waals surface area contributed by atoms with Gasteiger partial charge in [-0.3, -0.25) is 14.4 Å². The summed E-state index contributed by atoms with van der Waals surface area (Å²) in [5.74, 6) is 0.333. The lowest BCUT2D eigenvalue weighted by Crippen LogP contribution is -2.50. The van der Waals surface area contributed by atoms with E-state index in [1.807, 2.05) is 13.0 Å². The lowest BCUT2D eigenvalue weighted by molar-refractivity contribution is -0.120. The summed E-state index contributed by atoms with van der Waals surface area (Å²) in [6.45, 7) is 3.10. The van der Waals surface area contributed by atoms with Crippen LogP contribution in [0.3, 0.4) is 0 Å². The average Bonchev–Trinajstić information content (AvgIpc) is 2.86. The van der Waals surface area contributed by atoms with E-state index in [-0.39, 0.29) is 35.7 Å². The number of carbonyl (C=O) groups excluding carboxylic acids is 3. The van der Waals surface area contributed by atoms with Crippen molar-refractivity contribution in [3.8, 4) is 23.0 Å². The molecule has 1 aliphatic heterocycles. The summed E-state index contributed by atoms with van der Waals surface area (Å²) in [5.41, 5.74) is 6.98. The zero-order valence-corrected chi connectivity index (χ0v) is 19.8. The highest BCUT2D eigenvalue weighted by Gasteiger charge is 2.27. The predicted molar refractivity (Wildman–Crippen MR) is 124 cm³/mol. The maximum Gasteiger partial charge on any atom is 0.255 e. The normalized spacial score (nSPS) is 13.3. The van der Waals surface area contributed by atoms with Gasteiger partial charge in [-0.25, -0.2) is 0 Å². The van der Waals surface area contributed by atoms with E-state index in [0.717, 1.165) is 5.56 Å². The van der Waals surface area contributed by atoms with Gasteiger partial charge in [-0.2, -0.15) is 0 Å². The minimum absolute atomic E-state index is 0.107. The van der Waals surface area contributed by atoms with Crippen LogP contribution in [0.15, 0.2) is 30.3 Å². The smallest absolute Gasteiger partial charge is 0.255 e. The Kier molecular flexibility index (Phi) is 7.83. The number of ether oxygens (including phenoxy) is 4. The fourth-order valence-corrected chi connectivity index (χ4v) is 3.72. The third-order valence-corrected chi connectivity index (χ3v) is 5.58. The summed E-state index contributed by atoms with van der Waals surface area (Å²) >= 11 is 0. The van der Waals surface area contributed by atoms with E-state index < -0.39 is 5.91 Å². The summed E-state index contributed by atoms with van der Waals surface area (Å²) in [5, 5.41) is 0. The van der Waals surface area contributed by atoms with Crippen molar-refractivity contribution in [1.82, 2.24) is 9.80 Å². The Morgan fingerprint density at radius 3 is 1.74 bits per heavy atom. The van der Waals surface area contributed by atoms with Crippen molar-refractivity contribution in [3.63, 3.8) is 0 Å². The number of hydrogen-bond donors (Lipinski definition) is 1. The summed E-state index contributed by atoms with van der Waals surface area (Å²) in [4.78, 5) is 40.6. The van der Waals surface area contributed by atoms with Crippen LogP contribution in [-0.2, 0) is 4.79 Å². The molecule has 1 aliphatic rings. The highest BCUT2D eigenvalue weighted by molar-refractivity contribution is 5.97. The third-order valence-electron chi connectivity index (χ3n) is 5.58. The Morgan fingerprint density at radius 2 is 1.26 bits per heavy atom. The highest BCUT2D eigenvalue weighted by atomic mass is 16.5. The standard InChI is InChI=1S/C24H29N3O7/c1-15-5-6-16(11-18(15)31-2)23(29)26-7-9-27(10-8-26)24(30)17-12-19(32-3)22(20(13-17)33-4)34-14-21(25)28/h5-6,11-13H,7-10,14H2,1-4H3,(H2,25,28). The number of piperazine rings is 1. The van der Waals surface area contributed by atoms with E-state index in [4.69, 9.17) is 24.7 Å². The first-order valence-electron chi connectivity index (χ1n) is 10.7. The van der Waals surface area contributed by atoms with Crippen molar-refractivity contribution in [1.29, 1.82) is 0 Å². The summed E-state index contributed by atoms with van der Waals surface area (Å²) in [6.07, 6.45) is 0. The molecule has 0 radical (unpaired) electrons. The number of benzene rings is 2. The Labute approximate surface area is 198 Å². The molecule has 34 heavy (non-hydrogen) atoms. The Balaban J connectivity index is 1.71. The number of rotatable bonds is 8. The molecule has 0 saturated carbocycles. The second-order valence-corrected chi connectivity index (χ2v) is 7.73. The fourth-order valence-electron chi connectivity index (χ4n) is 3.72. The van der Waals surface area contributed by atoms with Crippen molar-refractivity contribution in [3.05, 3.63) is 47.0 Å². The van der Waals surface area contributed by atoms with Gasteiger partial charge in [-0.15, -0.1) is 0 Å². The average molecular weight is 472 g/mol. The number of nitrogens with two attached hydrogens (primary N) is 1. The van der Waals surface area contributed by atoms with Crippen LogP contribution in [0, 0.1) is 6.92 Å². The first-order chi connectivity index (χ1) is 16.3. The number of hydrogen-bond acceptors (Lipinski definition) is 7. The van der Waals surface area contributed by atoms with Crippen molar-refractivity contribution < 1.29 is 33.3 Å². The first kappa shape index (κ1) is 24.7. The number of aryl methyl sites for hydroxylation is 1. The molecule has 0 spiro atoms. The van der Waals surface area contributed by atoms with Crippen LogP contribution in [-0.4, -0.2) is 81.6 Å². The lowest BCUT2D eigenvalue weighted by Gasteiger charge is -2.35. The highest BCUT2D eigenvalue weighted by Crippen LogP contribution is 2.39. The summed E-state index contributed by atoms with van der Waals surface area (Å²) in [7, 11) is 4.41. The molecule has 0 atom stereocenters. The topological polar surface area (TPSA) is 121 Å². The molecule has 10 nitrogen and oxygen atoms in total. The third kappa shape index (κ3) is 5.33. The number of primary amides is 1. The maximum absolute atomic E-state index is 13.2. The number of carbonyl (C=O) groups is 3. The van der Waals surface area contributed by atoms with Crippen LogP contribution in [0.2, 0.25) is 0 Å². The molecule has 10 heteroatoms. The summed E-state index contributed by atoms with van der Waals surface area (Å²) < 4.78 is 21.4. The van der Waals surface area contributed by atoms with Crippen LogP contribution in [0.4, 0.5) is 0 Å². The molecule has 2 aromatic carbocycles. The molecule has 0 aromatic heterocycles. The molecule has 2 aromatic rings. The molecule has 0 bridgehead atoms. The minimum Gasteiger partial charge on any atom is -0.496 e. The van der Waals surface area contributed by atoms with Crippen molar-refractivity contribution in [2.24, 2.45) is 5.73 Å². The SMILES string of the molecule is COc1cc(C(=O)N2CCN(C(=O)c3cc(OC)c(OCC(N)=O)c(OC)c3)CC2)ccc1C. The second kappa shape index (κ2) is 10.8. The molecule has 3 rings (SSSR count). The quantitative estimate of drug-likeness (QED) is 0.619. The zero-order chi connectivity index (χ0) is 24.8. The number of methoxy groups -OCH3 is 3. The molecule has 1 saturated heterocycles. The van der Waals surface area contributed by atoms with Gasteiger partial charge in [0.2, 0.25) is 5.75 Å². The van der Waals surface area contributed by atoms with Gasteiger partial charge < -0.3 is 34.5 Å². The predicted octanol–water partition coefficient (Wildman–Crippen LogP) is 1.48. The van der Waals surface area contributed by atoms with Crippen LogP contribution in [0.5, 0.6) is 23.0 Å². The summed E-state index contributed by atoms with van der Waals surface area (Å²) in [6, 6.07) is 8.41. The van der Waals surface area contributed by atoms with Crippen LogP contribution >= 0.6 is 0 Å². The monoisotopic (exact) mass is 471 g/mol. The molecule has 1 fully saturated rings. The van der Waals surface area contributed by atoms with Gasteiger partial charge in [-0.1, -0.05) is 6.07 Å². The van der Waals surface area contributed by atoms with Gasteiger partial charge in [0.15, 0.2) is 18.1 Å². The molecule has 0 aliphatic carbocycles. The molecule has 0 unspecified atom stereocenters. The van der Waals surface area contributed by atoms with Crippen LogP contribution < -0.4 is 24.7 Å². The van der Waals surface area contributed by atoms with E-state index in [0.29, 0.717) is 43.1 Å². The van der Waals surface area contributed by atoms with Gasteiger partial charge in [0.05, 0.1) is 21.3 Å². The lowest BCUT2D eigenvalue weighted by atomic mass is 10.1. The van der Waals surface area contributed by atoms with Crippen molar-refractivity contribution >= 4 is 17.7 Å². The van der Waals surface area contributed by atoms with Crippen molar-refractivity contribution in [2.75, 3.05) is 54.1 Å². The maximum atomic E-state index is 13.2. The van der Waals surface area contributed by atoms with E-state index in [9.17, 15) is 14.4 Å². The van der Waals surface area contributed by atoms with Crippen molar-refractivity contribution in [2.45, 2.75) is 6.92 Å². The van der Waals surface area contributed by atoms with E-state index in [2.05, 4.69) is 0 Å². The Hall–Kier alpha value is -3.95.